The van der Waals surface area contributed by atoms with Crippen molar-refractivity contribution >= 4 is 29.3 Å². The fourth-order valence-electron chi connectivity index (χ4n) is 3.56. The first-order valence-corrected chi connectivity index (χ1v) is 10.9. The number of phenolic OH excluding ortho intramolecular Hbond substituents is 1. The second kappa shape index (κ2) is 12.1. The minimum atomic E-state index is -0.617. The van der Waals surface area contributed by atoms with Crippen LogP contribution in [0.5, 0.6) is 28.7 Å². The molecule has 0 unspecified atom stereocenters. The number of hydrogen-bond acceptors (Lipinski definition) is 9. The van der Waals surface area contributed by atoms with Crippen molar-refractivity contribution < 1.29 is 33.8 Å². The zero-order valence-corrected chi connectivity index (χ0v) is 20.7. The van der Waals surface area contributed by atoms with Gasteiger partial charge in [-0.1, -0.05) is 24.3 Å². The maximum atomic E-state index is 12.6. The highest BCUT2D eigenvalue weighted by molar-refractivity contribution is 6.07. The number of nitrogens with zero attached hydrogens (tertiary/aromatic N) is 1. The minimum absolute atomic E-state index is 0.0528. The molecule has 0 aromatic heterocycles. The first-order valence-electron chi connectivity index (χ1n) is 10.9. The van der Waals surface area contributed by atoms with E-state index in [1.807, 2.05) is 0 Å². The van der Waals surface area contributed by atoms with Gasteiger partial charge in [-0.15, -0.1) is 0 Å². The molecule has 0 atom stereocenters. The lowest BCUT2D eigenvalue weighted by Gasteiger charge is -2.13. The Morgan fingerprint density at radius 3 is 2.16 bits per heavy atom. The van der Waals surface area contributed by atoms with Crippen LogP contribution in [0.25, 0.3) is 12.2 Å². The van der Waals surface area contributed by atoms with Gasteiger partial charge in [0.25, 0.3) is 5.69 Å². The van der Waals surface area contributed by atoms with Crippen LogP contribution in [0, 0.1) is 10.1 Å². The van der Waals surface area contributed by atoms with E-state index >= 15 is 0 Å². The average Bonchev–Trinajstić information content (AvgIpc) is 2.92. The number of rotatable bonds is 11. The van der Waals surface area contributed by atoms with Crippen molar-refractivity contribution in [1.29, 1.82) is 0 Å². The van der Waals surface area contributed by atoms with Gasteiger partial charge in [-0.25, -0.2) is 0 Å². The van der Waals surface area contributed by atoms with Gasteiger partial charge in [-0.2, -0.15) is 0 Å². The molecule has 0 aliphatic rings. The number of carbonyl (C=O) groups is 1. The maximum absolute atomic E-state index is 12.6. The Morgan fingerprint density at radius 2 is 1.57 bits per heavy atom. The fourth-order valence-corrected chi connectivity index (χ4v) is 3.56. The number of nitrogens with one attached hydrogen (secondary N) is 1. The Labute approximate surface area is 213 Å². The molecule has 10 nitrogen and oxygen atoms in total. The highest BCUT2D eigenvalue weighted by atomic mass is 16.6. The largest absolute Gasteiger partial charge is 0.503 e. The van der Waals surface area contributed by atoms with Crippen LogP contribution in [0.4, 0.5) is 11.4 Å². The Hall–Kier alpha value is -4.99. The van der Waals surface area contributed by atoms with Crippen molar-refractivity contribution in [2.45, 2.75) is 0 Å². The van der Waals surface area contributed by atoms with Crippen LogP contribution in [-0.4, -0.2) is 44.3 Å². The minimum Gasteiger partial charge on any atom is -0.503 e. The van der Waals surface area contributed by atoms with Crippen LogP contribution in [-0.2, 0) is 0 Å². The van der Waals surface area contributed by atoms with Crippen LogP contribution < -0.4 is 24.3 Å². The number of benzene rings is 3. The lowest BCUT2D eigenvalue weighted by molar-refractivity contribution is -0.385. The third-order valence-corrected chi connectivity index (χ3v) is 5.36. The molecule has 0 fully saturated rings. The van der Waals surface area contributed by atoms with Gasteiger partial charge in [-0.3, -0.25) is 14.9 Å². The van der Waals surface area contributed by atoms with Gasteiger partial charge in [-0.05, 0) is 35.9 Å². The summed E-state index contributed by atoms with van der Waals surface area (Å²) in [6.07, 6.45) is 5.96. The number of para-hydroxylation sites is 1. The summed E-state index contributed by atoms with van der Waals surface area (Å²) in [4.78, 5) is 23.2. The number of carbonyl (C=O) groups excluding carboxylic acids is 1. The second-order valence-corrected chi connectivity index (χ2v) is 7.49. The molecule has 3 rings (SSSR count). The quantitative estimate of drug-likeness (QED) is 0.0887. The number of allylic oxidation sites excluding steroid dienone is 1. The molecule has 0 saturated carbocycles. The Morgan fingerprint density at radius 1 is 0.919 bits per heavy atom. The summed E-state index contributed by atoms with van der Waals surface area (Å²) in [5, 5.41) is 24.8. The Kier molecular flexibility index (Phi) is 8.71. The van der Waals surface area contributed by atoms with Gasteiger partial charge < -0.3 is 29.4 Å². The molecule has 0 heterocycles. The van der Waals surface area contributed by atoms with Crippen LogP contribution in [0.2, 0.25) is 0 Å². The highest BCUT2D eigenvalue weighted by Gasteiger charge is 2.17. The van der Waals surface area contributed by atoms with E-state index in [9.17, 15) is 20.0 Å². The van der Waals surface area contributed by atoms with E-state index in [0.717, 1.165) is 11.6 Å². The first-order chi connectivity index (χ1) is 17.8. The molecule has 192 valence electrons. The normalized spacial score (nSPS) is 10.9. The van der Waals surface area contributed by atoms with Crippen molar-refractivity contribution in [3.05, 3.63) is 87.6 Å². The highest BCUT2D eigenvalue weighted by Crippen LogP contribution is 2.40. The summed E-state index contributed by atoms with van der Waals surface area (Å²) < 4.78 is 21.3. The summed E-state index contributed by atoms with van der Waals surface area (Å²) in [6, 6.07) is 12.5. The zero-order valence-electron chi connectivity index (χ0n) is 20.7. The molecule has 0 bridgehead atoms. The summed E-state index contributed by atoms with van der Waals surface area (Å²) >= 11 is 0. The predicted octanol–water partition coefficient (Wildman–Crippen LogP) is 5.31. The Bertz CT molecular complexity index is 1340. The van der Waals surface area contributed by atoms with Crippen molar-refractivity contribution in [1.82, 2.24) is 0 Å². The first kappa shape index (κ1) is 26.6. The van der Waals surface area contributed by atoms with Gasteiger partial charge in [0, 0.05) is 23.9 Å². The van der Waals surface area contributed by atoms with Crippen LogP contribution in [0.15, 0.2) is 60.8 Å². The van der Waals surface area contributed by atoms with E-state index in [1.54, 1.807) is 42.5 Å². The number of aromatic hydroxyl groups is 1. The van der Waals surface area contributed by atoms with E-state index in [4.69, 9.17) is 18.9 Å². The van der Waals surface area contributed by atoms with Gasteiger partial charge in [0.15, 0.2) is 28.8 Å². The third-order valence-electron chi connectivity index (χ3n) is 5.36. The second-order valence-electron chi connectivity index (χ2n) is 7.49. The van der Waals surface area contributed by atoms with Crippen molar-refractivity contribution in [2.24, 2.45) is 0 Å². The van der Waals surface area contributed by atoms with E-state index in [2.05, 4.69) is 5.32 Å². The van der Waals surface area contributed by atoms with Crippen molar-refractivity contribution in [3.8, 4) is 28.7 Å². The number of ketones is 1. The van der Waals surface area contributed by atoms with Crippen molar-refractivity contribution in [2.75, 3.05) is 33.8 Å². The predicted molar refractivity (Wildman–Crippen MR) is 140 cm³/mol. The number of nitro groups is 1. The molecule has 2 N–H and O–H groups in total. The maximum Gasteiger partial charge on any atom is 0.280 e. The smallest absolute Gasteiger partial charge is 0.280 e. The molecule has 0 spiro atoms. The zero-order chi connectivity index (χ0) is 26.9. The lowest BCUT2D eigenvalue weighted by atomic mass is 10.1. The molecule has 37 heavy (non-hydrogen) atoms. The van der Waals surface area contributed by atoms with Gasteiger partial charge >= 0.3 is 0 Å². The topological polar surface area (TPSA) is 129 Å². The van der Waals surface area contributed by atoms with E-state index in [-0.39, 0.29) is 28.4 Å². The average molecular weight is 507 g/mol. The summed E-state index contributed by atoms with van der Waals surface area (Å²) in [6.45, 7) is 0. The molecule has 0 saturated heterocycles. The Balaban J connectivity index is 1.93. The summed E-state index contributed by atoms with van der Waals surface area (Å²) in [7, 11) is 5.97. The molecule has 0 aliphatic heterocycles. The number of hydrogen-bond donors (Lipinski definition) is 2. The number of phenols is 1. The molecule has 3 aromatic rings. The van der Waals surface area contributed by atoms with Crippen LogP contribution in [0.1, 0.15) is 21.5 Å². The van der Waals surface area contributed by atoms with E-state index in [1.165, 1.54) is 52.8 Å². The monoisotopic (exact) mass is 506 g/mol. The summed E-state index contributed by atoms with van der Waals surface area (Å²) in [5.41, 5.74) is 1.21. The number of ether oxygens (including phenoxy) is 4. The number of anilines is 1. The van der Waals surface area contributed by atoms with Crippen LogP contribution >= 0.6 is 0 Å². The van der Waals surface area contributed by atoms with Gasteiger partial charge in [0.05, 0.1) is 44.6 Å². The SMILES string of the molecule is COc1ccc(/C=C\c2cc(OC)c(OC)c(OC)c2)c(N/C=C\C(=O)c2ccccc2[N+](=O)[O-])c1O. The van der Waals surface area contributed by atoms with E-state index in [0.29, 0.717) is 22.8 Å². The standard InChI is InChI=1S/C27H26N2O8/c1-34-22-12-11-18(10-9-17-15-23(35-2)27(37-4)24(16-17)36-3)25(26(22)31)28-14-13-21(30)19-7-5-6-8-20(19)29(32)33/h5-16,28,31H,1-4H3/b10-9-,14-13-. The summed E-state index contributed by atoms with van der Waals surface area (Å²) in [5.74, 6) is 0.878. The van der Waals surface area contributed by atoms with Gasteiger partial charge in [0.2, 0.25) is 5.75 Å². The molecule has 0 amide bonds. The molecule has 10 heteroatoms. The molecule has 0 aliphatic carbocycles. The molecule has 3 aromatic carbocycles. The number of nitro benzene ring substituents is 1. The molecule has 0 radical (unpaired) electrons. The third kappa shape index (κ3) is 5.99. The fraction of sp³-hybridized carbons (Fsp3) is 0.148. The van der Waals surface area contributed by atoms with Gasteiger partial charge in [0.1, 0.15) is 0 Å². The molecular weight excluding hydrogens is 480 g/mol. The van der Waals surface area contributed by atoms with E-state index < -0.39 is 10.7 Å². The van der Waals surface area contributed by atoms with Crippen molar-refractivity contribution in [3.63, 3.8) is 0 Å². The number of methoxy groups -OCH3 is 4. The van der Waals surface area contributed by atoms with Crippen LogP contribution in [0.3, 0.4) is 0 Å². The molecular formula is C27H26N2O8. The lowest BCUT2D eigenvalue weighted by Crippen LogP contribution is -2.02.